The summed E-state index contributed by atoms with van der Waals surface area (Å²) < 4.78 is 0. The summed E-state index contributed by atoms with van der Waals surface area (Å²) in [5.41, 5.74) is 1.25. The van der Waals surface area contributed by atoms with Crippen molar-refractivity contribution in [1.29, 1.82) is 0 Å². The van der Waals surface area contributed by atoms with Crippen LogP contribution in [-0.2, 0) is 11.3 Å². The lowest BCUT2D eigenvalue weighted by Crippen LogP contribution is -2.23. The summed E-state index contributed by atoms with van der Waals surface area (Å²) in [4.78, 5) is 14.3. The first-order chi connectivity index (χ1) is 7.97. The average molecular weight is 251 g/mol. The molecule has 94 valence electrons. The predicted molar refractivity (Wildman–Crippen MR) is 74.5 cm³/mol. The maximum absolute atomic E-state index is 11.0. The fourth-order valence-corrected chi connectivity index (χ4v) is 2.53. The number of Topliss-reactive ketones (excluding diaryl/α,β-unsaturated/α-hetero) is 1. The molecule has 3 heteroatoms. The minimum atomic E-state index is 0.208. The Bertz CT molecular complexity index is 359. The van der Waals surface area contributed by atoms with Crippen LogP contribution in [0.2, 0.25) is 0 Å². The fourth-order valence-electron chi connectivity index (χ4n) is 1.69. The van der Waals surface area contributed by atoms with E-state index in [0.29, 0.717) is 11.8 Å². The maximum atomic E-state index is 11.0. The summed E-state index contributed by atoms with van der Waals surface area (Å²) in [6.45, 7) is 7.35. The van der Waals surface area contributed by atoms with Gasteiger partial charge in [0.1, 0.15) is 5.78 Å². The molecule has 0 aromatic heterocycles. The number of hydrogen-bond acceptors (Lipinski definition) is 3. The van der Waals surface area contributed by atoms with Crippen LogP contribution in [0.25, 0.3) is 0 Å². The van der Waals surface area contributed by atoms with Crippen LogP contribution < -0.4 is 0 Å². The summed E-state index contributed by atoms with van der Waals surface area (Å²) in [6.07, 6.45) is 0. The van der Waals surface area contributed by atoms with Gasteiger partial charge in [-0.15, -0.1) is 11.8 Å². The van der Waals surface area contributed by atoms with Crippen LogP contribution in [0, 0.1) is 0 Å². The number of carbonyl (C=O) groups is 1. The molecule has 0 radical (unpaired) electrons. The number of benzene rings is 1. The third kappa shape index (κ3) is 5.89. The van der Waals surface area contributed by atoms with Gasteiger partial charge in [0, 0.05) is 16.7 Å². The van der Waals surface area contributed by atoms with Gasteiger partial charge in [-0.05, 0) is 31.7 Å². The molecule has 0 bridgehead atoms. The van der Waals surface area contributed by atoms with Gasteiger partial charge in [-0.1, -0.05) is 26.0 Å². The first-order valence-corrected chi connectivity index (χ1v) is 6.79. The monoisotopic (exact) mass is 251 g/mol. The van der Waals surface area contributed by atoms with Crippen molar-refractivity contribution < 1.29 is 4.79 Å². The molecule has 0 fully saturated rings. The molecule has 0 unspecified atom stereocenters. The largest absolute Gasteiger partial charge is 0.299 e. The number of thioether (sulfide) groups is 1. The molecule has 0 saturated heterocycles. The molecular formula is C14H21NOS. The summed E-state index contributed by atoms with van der Waals surface area (Å²) in [6, 6.07) is 8.59. The topological polar surface area (TPSA) is 20.3 Å². The third-order valence-corrected chi connectivity index (χ3v) is 3.26. The second-order valence-corrected chi connectivity index (χ2v) is 6.33. The lowest BCUT2D eigenvalue weighted by molar-refractivity contribution is -0.117. The molecule has 0 aliphatic heterocycles. The second kappa shape index (κ2) is 6.82. The van der Waals surface area contributed by atoms with Crippen molar-refractivity contribution in [2.24, 2.45) is 0 Å². The van der Waals surface area contributed by atoms with Gasteiger partial charge in [0.2, 0.25) is 0 Å². The maximum Gasteiger partial charge on any atom is 0.143 e. The molecule has 17 heavy (non-hydrogen) atoms. The summed E-state index contributed by atoms with van der Waals surface area (Å²) >= 11 is 1.87. The lowest BCUT2D eigenvalue weighted by Gasteiger charge is -2.15. The molecule has 2 nitrogen and oxygen atoms in total. The van der Waals surface area contributed by atoms with E-state index in [9.17, 15) is 4.79 Å². The van der Waals surface area contributed by atoms with Crippen molar-refractivity contribution >= 4 is 17.5 Å². The zero-order chi connectivity index (χ0) is 12.8. The molecule has 0 aliphatic rings. The van der Waals surface area contributed by atoms with Crippen molar-refractivity contribution in [1.82, 2.24) is 4.90 Å². The predicted octanol–water partition coefficient (Wildman–Crippen LogP) is 3.21. The van der Waals surface area contributed by atoms with Gasteiger partial charge in [-0.25, -0.2) is 0 Å². The van der Waals surface area contributed by atoms with Crippen molar-refractivity contribution in [2.75, 3.05) is 13.6 Å². The molecule has 1 rings (SSSR count). The SMILES string of the molecule is CC(=O)CN(C)Cc1ccc(SC(C)C)cc1. The number of hydrogen-bond donors (Lipinski definition) is 0. The zero-order valence-electron chi connectivity index (χ0n) is 11.1. The standard InChI is InChI=1S/C14H21NOS/c1-11(2)17-14-7-5-13(6-8-14)10-15(4)9-12(3)16/h5-8,11H,9-10H2,1-4H3. The van der Waals surface area contributed by atoms with Crippen LogP contribution in [0.15, 0.2) is 29.2 Å². The molecule has 0 atom stereocenters. The Kier molecular flexibility index (Phi) is 5.72. The molecular weight excluding hydrogens is 230 g/mol. The number of likely N-dealkylation sites (N-methyl/N-ethyl adjacent to an activating group) is 1. The Balaban J connectivity index is 2.53. The van der Waals surface area contributed by atoms with Crippen LogP contribution in [-0.4, -0.2) is 29.5 Å². The van der Waals surface area contributed by atoms with Crippen LogP contribution in [0.1, 0.15) is 26.3 Å². The molecule has 0 saturated carbocycles. The molecule has 0 aliphatic carbocycles. The minimum Gasteiger partial charge on any atom is -0.299 e. The van der Waals surface area contributed by atoms with E-state index < -0.39 is 0 Å². The first kappa shape index (κ1) is 14.3. The number of nitrogens with zero attached hydrogens (tertiary/aromatic N) is 1. The molecule has 0 heterocycles. The van der Waals surface area contributed by atoms with E-state index in [4.69, 9.17) is 0 Å². The van der Waals surface area contributed by atoms with E-state index in [2.05, 4.69) is 38.1 Å². The number of carbonyl (C=O) groups excluding carboxylic acids is 1. The molecule has 1 aromatic rings. The van der Waals surface area contributed by atoms with Gasteiger partial charge in [0.05, 0.1) is 6.54 Å². The van der Waals surface area contributed by atoms with Crippen LogP contribution >= 0.6 is 11.8 Å². The van der Waals surface area contributed by atoms with Crippen molar-refractivity contribution in [3.05, 3.63) is 29.8 Å². The van der Waals surface area contributed by atoms with Crippen molar-refractivity contribution in [3.8, 4) is 0 Å². The summed E-state index contributed by atoms with van der Waals surface area (Å²) in [5.74, 6) is 0.208. The van der Waals surface area contributed by atoms with E-state index in [1.807, 2.05) is 23.7 Å². The Labute approximate surface area is 108 Å². The molecule has 0 N–H and O–H groups in total. The van der Waals surface area contributed by atoms with Gasteiger partial charge >= 0.3 is 0 Å². The highest BCUT2D eigenvalue weighted by Crippen LogP contribution is 2.23. The molecule has 0 spiro atoms. The second-order valence-electron chi connectivity index (χ2n) is 4.68. The van der Waals surface area contributed by atoms with E-state index >= 15 is 0 Å². The van der Waals surface area contributed by atoms with Crippen molar-refractivity contribution in [2.45, 2.75) is 37.5 Å². The van der Waals surface area contributed by atoms with Crippen LogP contribution in [0.3, 0.4) is 0 Å². The highest BCUT2D eigenvalue weighted by Gasteiger charge is 2.03. The average Bonchev–Trinajstić information content (AvgIpc) is 2.18. The molecule has 0 amide bonds. The summed E-state index contributed by atoms with van der Waals surface area (Å²) in [7, 11) is 1.97. The van der Waals surface area contributed by atoms with Gasteiger partial charge in [-0.3, -0.25) is 9.69 Å². The fraction of sp³-hybridized carbons (Fsp3) is 0.500. The lowest BCUT2D eigenvalue weighted by atomic mass is 10.2. The summed E-state index contributed by atoms with van der Waals surface area (Å²) in [5, 5.41) is 0.612. The van der Waals surface area contributed by atoms with E-state index in [1.165, 1.54) is 10.5 Å². The normalized spacial score (nSPS) is 11.2. The van der Waals surface area contributed by atoms with Gasteiger partial charge in [0.15, 0.2) is 0 Å². The third-order valence-electron chi connectivity index (χ3n) is 2.24. The van der Waals surface area contributed by atoms with E-state index in [0.717, 1.165) is 6.54 Å². The van der Waals surface area contributed by atoms with Gasteiger partial charge < -0.3 is 0 Å². The number of rotatable bonds is 6. The zero-order valence-corrected chi connectivity index (χ0v) is 11.9. The Morgan fingerprint density at radius 2 is 1.88 bits per heavy atom. The number of ketones is 1. The van der Waals surface area contributed by atoms with E-state index in [-0.39, 0.29) is 5.78 Å². The quantitative estimate of drug-likeness (QED) is 0.724. The smallest absolute Gasteiger partial charge is 0.143 e. The first-order valence-electron chi connectivity index (χ1n) is 5.91. The minimum absolute atomic E-state index is 0.208. The van der Waals surface area contributed by atoms with Crippen LogP contribution in [0.4, 0.5) is 0 Å². The Hall–Kier alpha value is -0.800. The Morgan fingerprint density at radius 3 is 2.35 bits per heavy atom. The van der Waals surface area contributed by atoms with Gasteiger partial charge in [-0.2, -0.15) is 0 Å². The van der Waals surface area contributed by atoms with Crippen molar-refractivity contribution in [3.63, 3.8) is 0 Å². The highest BCUT2D eigenvalue weighted by atomic mass is 32.2. The van der Waals surface area contributed by atoms with E-state index in [1.54, 1.807) is 6.92 Å². The van der Waals surface area contributed by atoms with Gasteiger partial charge in [0.25, 0.3) is 0 Å². The Morgan fingerprint density at radius 1 is 1.29 bits per heavy atom. The van der Waals surface area contributed by atoms with Crippen LogP contribution in [0.5, 0.6) is 0 Å². The highest BCUT2D eigenvalue weighted by molar-refractivity contribution is 7.99. The molecule has 1 aromatic carbocycles.